The van der Waals surface area contributed by atoms with Crippen molar-refractivity contribution < 1.29 is 18.7 Å². The molecule has 1 unspecified atom stereocenters. The summed E-state index contributed by atoms with van der Waals surface area (Å²) in [5.74, 6) is -1.17. The van der Waals surface area contributed by atoms with E-state index in [2.05, 4.69) is 22.5 Å². The molecule has 0 heterocycles. The van der Waals surface area contributed by atoms with Gasteiger partial charge in [0.15, 0.2) is 12.9 Å². The van der Waals surface area contributed by atoms with Crippen LogP contribution in [-0.4, -0.2) is 35.9 Å². The van der Waals surface area contributed by atoms with Crippen LogP contribution in [-0.2, 0) is 4.79 Å². The highest BCUT2D eigenvalue weighted by Gasteiger charge is 2.27. The monoisotopic (exact) mass is 558 g/mol. The standard InChI is InChI=1S/C31H29ClFN5O2/c1-3-20-38(25-12-8-5-9-13-25)37(2)26-18-19-28(27(33)21-26)35-30(39)29(22-10-6-4-7-11-22)36-31(40)34-24-16-14-23(32)15-17-24/h3-17,19,21,29H,1,18,20H2,2H3,(H2-,34,35,36,39,40)/p+1. The summed E-state index contributed by atoms with van der Waals surface area (Å²) in [7, 11) is 1.85. The number of carbonyl (C=O) groups excluding carboxylic acids is 2. The molecular weight excluding hydrogens is 529 g/mol. The average molecular weight is 559 g/mol. The normalized spacial score (nSPS) is 14.7. The van der Waals surface area contributed by atoms with E-state index >= 15 is 4.39 Å². The number of halogens is 2. The number of hydrazone groups is 1. The first-order valence-corrected chi connectivity index (χ1v) is 13.0. The molecule has 0 fully saturated rings. The molecule has 0 aliphatic heterocycles. The minimum atomic E-state index is -1.07. The van der Waals surface area contributed by atoms with Crippen LogP contribution in [0.4, 0.5) is 20.6 Å². The Hall–Kier alpha value is -4.69. The van der Waals surface area contributed by atoms with Gasteiger partial charge in [-0.25, -0.2) is 9.18 Å². The zero-order valence-corrected chi connectivity index (χ0v) is 22.7. The number of hydrogen-bond acceptors (Lipinski definition) is 3. The van der Waals surface area contributed by atoms with Gasteiger partial charge in [0.1, 0.15) is 6.04 Å². The summed E-state index contributed by atoms with van der Waals surface area (Å²) in [5, 5.41) is 10.5. The van der Waals surface area contributed by atoms with Crippen molar-refractivity contribution in [3.63, 3.8) is 0 Å². The van der Waals surface area contributed by atoms with Gasteiger partial charge in [-0.3, -0.25) is 4.79 Å². The zero-order chi connectivity index (χ0) is 28.5. The van der Waals surface area contributed by atoms with Crippen LogP contribution in [0.3, 0.4) is 0 Å². The van der Waals surface area contributed by atoms with Gasteiger partial charge in [0, 0.05) is 16.8 Å². The van der Waals surface area contributed by atoms with Crippen molar-refractivity contribution >= 4 is 40.6 Å². The molecule has 3 amide bonds. The van der Waals surface area contributed by atoms with Crippen LogP contribution in [0.15, 0.2) is 121 Å². The molecule has 4 rings (SSSR count). The molecule has 3 aromatic rings. The fourth-order valence-corrected chi connectivity index (χ4v) is 4.31. The molecule has 1 atom stereocenters. The molecule has 0 aromatic heterocycles. The van der Waals surface area contributed by atoms with E-state index in [0.717, 1.165) is 5.69 Å². The third kappa shape index (κ3) is 7.24. The van der Waals surface area contributed by atoms with Gasteiger partial charge >= 0.3 is 6.03 Å². The third-order valence-corrected chi connectivity index (χ3v) is 6.48. The highest BCUT2D eigenvalue weighted by Crippen LogP contribution is 2.21. The summed E-state index contributed by atoms with van der Waals surface area (Å²) in [5.41, 5.74) is 2.72. The van der Waals surface area contributed by atoms with E-state index in [1.807, 2.05) is 47.1 Å². The van der Waals surface area contributed by atoms with Gasteiger partial charge in [-0.05, 0) is 48.0 Å². The number of anilines is 2. The second-order valence-corrected chi connectivity index (χ2v) is 9.41. The zero-order valence-electron chi connectivity index (χ0n) is 22.0. The third-order valence-electron chi connectivity index (χ3n) is 6.23. The first-order chi connectivity index (χ1) is 19.4. The van der Waals surface area contributed by atoms with Crippen molar-refractivity contribution in [1.29, 1.82) is 0 Å². The van der Waals surface area contributed by atoms with Gasteiger partial charge in [0.25, 0.3) is 5.91 Å². The Morgan fingerprint density at radius 1 is 1.02 bits per heavy atom. The molecule has 3 aromatic carbocycles. The van der Waals surface area contributed by atoms with Crippen molar-refractivity contribution in [3.05, 3.63) is 132 Å². The van der Waals surface area contributed by atoms with Gasteiger partial charge in [-0.1, -0.05) is 66.2 Å². The number of nitrogens with zero attached hydrogens (tertiary/aromatic N) is 2. The average Bonchev–Trinajstić information content (AvgIpc) is 2.97. The lowest BCUT2D eigenvalue weighted by molar-refractivity contribution is -0.510. The van der Waals surface area contributed by atoms with Crippen LogP contribution in [0.25, 0.3) is 0 Å². The molecule has 1 aliphatic rings. The summed E-state index contributed by atoms with van der Waals surface area (Å²) in [6.45, 7) is 4.36. The van der Waals surface area contributed by atoms with E-state index in [9.17, 15) is 9.59 Å². The number of hydrogen-bond donors (Lipinski definition) is 3. The number of allylic oxidation sites excluding steroid dienone is 3. The Morgan fingerprint density at radius 3 is 2.30 bits per heavy atom. The molecule has 0 spiro atoms. The smallest absolute Gasteiger partial charge is 0.320 e. The van der Waals surface area contributed by atoms with E-state index in [1.54, 1.807) is 66.7 Å². The largest absolute Gasteiger partial charge is 0.322 e. The molecule has 0 radical (unpaired) electrons. The van der Waals surface area contributed by atoms with E-state index in [0.29, 0.717) is 35.0 Å². The van der Waals surface area contributed by atoms with Crippen molar-refractivity contribution in [2.45, 2.75) is 12.5 Å². The van der Waals surface area contributed by atoms with E-state index in [1.165, 1.54) is 6.08 Å². The number of para-hydroxylation sites is 1. The van der Waals surface area contributed by atoms with E-state index in [4.69, 9.17) is 11.6 Å². The lowest BCUT2D eigenvalue weighted by Crippen LogP contribution is -2.42. The quantitative estimate of drug-likeness (QED) is 0.167. The predicted octanol–water partition coefficient (Wildman–Crippen LogP) is 6.15. The first-order valence-electron chi connectivity index (χ1n) is 12.6. The maximum Gasteiger partial charge on any atom is 0.320 e. The highest BCUT2D eigenvalue weighted by molar-refractivity contribution is 6.30. The molecule has 9 heteroatoms. The van der Waals surface area contributed by atoms with Crippen LogP contribution >= 0.6 is 11.6 Å². The van der Waals surface area contributed by atoms with Crippen LogP contribution in [0.2, 0.25) is 5.02 Å². The van der Waals surface area contributed by atoms with Gasteiger partial charge < -0.3 is 16.0 Å². The molecule has 0 saturated heterocycles. The minimum absolute atomic E-state index is 0.0398. The summed E-state index contributed by atoms with van der Waals surface area (Å²) in [6.07, 6.45) is 5.16. The fraction of sp³-hybridized carbons (Fsp3) is 0.129. The summed E-state index contributed by atoms with van der Waals surface area (Å²) in [6, 6.07) is 23.4. The number of rotatable bonds is 9. The molecular formula is C31H30ClFN5O2+. The van der Waals surface area contributed by atoms with Crippen LogP contribution in [0.5, 0.6) is 0 Å². The first kappa shape index (κ1) is 28.3. The molecule has 7 nitrogen and oxygen atoms in total. The number of carbonyl (C=O) groups is 2. The molecule has 0 saturated carbocycles. The lowest BCUT2D eigenvalue weighted by Gasteiger charge is -2.22. The predicted molar refractivity (Wildman–Crippen MR) is 158 cm³/mol. The van der Waals surface area contributed by atoms with Gasteiger partial charge in [-0.2, -0.15) is 5.01 Å². The van der Waals surface area contributed by atoms with Gasteiger partial charge in [0.05, 0.1) is 24.4 Å². The number of nitrogens with one attached hydrogen (secondary N) is 3. The number of amides is 3. The second-order valence-electron chi connectivity index (χ2n) is 8.97. The van der Waals surface area contributed by atoms with Crippen LogP contribution < -0.4 is 21.0 Å². The van der Waals surface area contributed by atoms with Gasteiger partial charge in [-0.15, -0.1) is 11.3 Å². The number of hydrazine groups is 1. The van der Waals surface area contributed by atoms with Crippen LogP contribution in [0, 0.1) is 0 Å². The van der Waals surface area contributed by atoms with Crippen molar-refractivity contribution in [3.8, 4) is 0 Å². The summed E-state index contributed by atoms with van der Waals surface area (Å²) < 4.78 is 17.2. The van der Waals surface area contributed by atoms with E-state index in [-0.39, 0.29) is 5.70 Å². The Bertz CT molecular complexity index is 1450. The lowest BCUT2D eigenvalue weighted by atomic mass is 10.0. The molecule has 3 N–H and O–H groups in total. The van der Waals surface area contributed by atoms with Gasteiger partial charge in [0.2, 0.25) is 5.71 Å². The second kappa shape index (κ2) is 13.4. The maximum atomic E-state index is 15.3. The van der Waals surface area contributed by atoms with E-state index < -0.39 is 23.8 Å². The fourth-order valence-electron chi connectivity index (χ4n) is 4.18. The minimum Gasteiger partial charge on any atom is -0.322 e. The Labute approximate surface area is 237 Å². The van der Waals surface area contributed by atoms with Crippen molar-refractivity contribution in [2.24, 2.45) is 0 Å². The van der Waals surface area contributed by atoms with Crippen molar-refractivity contribution in [2.75, 3.05) is 23.9 Å². The number of urea groups is 1. The summed E-state index contributed by atoms with van der Waals surface area (Å²) >= 11 is 5.91. The SMILES string of the molecule is C=CCN(c1ccccc1)[N+](C)=C1C=C(F)C(NC(=O)C(NC(=O)Nc2ccc(Cl)cc2)c2ccccc2)=CC1. The molecule has 40 heavy (non-hydrogen) atoms. The van der Waals surface area contributed by atoms with Crippen LogP contribution in [0.1, 0.15) is 18.0 Å². The highest BCUT2D eigenvalue weighted by atomic mass is 35.5. The molecule has 1 aliphatic carbocycles. The molecule has 0 bridgehead atoms. The topological polar surface area (TPSA) is 76.5 Å². The Kier molecular flexibility index (Phi) is 9.48. The Balaban J connectivity index is 1.50. The molecule has 204 valence electrons. The Morgan fingerprint density at radius 2 is 1.68 bits per heavy atom. The summed E-state index contributed by atoms with van der Waals surface area (Å²) in [4.78, 5) is 26.1. The van der Waals surface area contributed by atoms with Crippen molar-refractivity contribution in [1.82, 2.24) is 10.6 Å². The maximum absolute atomic E-state index is 15.3. The number of benzene rings is 3.